The number of hydrogen-bond acceptors (Lipinski definition) is 7. The Bertz CT molecular complexity index is 2080. The van der Waals surface area contributed by atoms with Gasteiger partial charge in [-0.05, 0) is 67.0 Å². The number of hydrogen-bond donors (Lipinski definition) is 4. The summed E-state index contributed by atoms with van der Waals surface area (Å²) in [6, 6.07) is 18.5. The van der Waals surface area contributed by atoms with Crippen molar-refractivity contribution in [1.82, 2.24) is 29.7 Å². The maximum Gasteiger partial charge on any atom is 0.242 e. The molecule has 0 saturated heterocycles. The van der Waals surface area contributed by atoms with Crippen LogP contribution in [0.2, 0.25) is 0 Å². The normalized spacial score (nSPS) is 11.8. The lowest BCUT2D eigenvalue weighted by atomic mass is 10.1. The summed E-state index contributed by atoms with van der Waals surface area (Å²) in [4.78, 5) is 82.1. The van der Waals surface area contributed by atoms with Crippen LogP contribution in [0.15, 0.2) is 85.5 Å². The largest absolute Gasteiger partial charge is 0.370 e. The van der Waals surface area contributed by atoms with E-state index in [9.17, 15) is 24.0 Å². The molecule has 2 aromatic carbocycles. The van der Waals surface area contributed by atoms with Crippen LogP contribution in [0.1, 0.15) is 68.6 Å². The first-order valence-electron chi connectivity index (χ1n) is 19.5. The zero-order chi connectivity index (χ0) is 39.9. The highest BCUT2D eigenvalue weighted by Crippen LogP contribution is 2.20. The van der Waals surface area contributed by atoms with Gasteiger partial charge in [0.1, 0.15) is 6.54 Å². The number of carbonyl (C=O) groups is 5. The Morgan fingerprint density at radius 3 is 1.93 bits per heavy atom. The highest BCUT2D eigenvalue weighted by Gasteiger charge is 2.28. The van der Waals surface area contributed by atoms with Crippen LogP contribution in [0, 0.1) is 0 Å². The summed E-state index contributed by atoms with van der Waals surface area (Å²) in [5, 5.41) is 2.07. The second kappa shape index (κ2) is 20.7. The number of aromatic amines is 2. The van der Waals surface area contributed by atoms with Gasteiger partial charge in [-0.2, -0.15) is 0 Å². The molecule has 13 heteroatoms. The van der Waals surface area contributed by atoms with Crippen LogP contribution < -0.4 is 11.5 Å². The van der Waals surface area contributed by atoms with Crippen LogP contribution in [-0.4, -0.2) is 97.8 Å². The van der Waals surface area contributed by atoms with Crippen molar-refractivity contribution in [2.24, 2.45) is 11.5 Å². The van der Waals surface area contributed by atoms with Crippen molar-refractivity contribution in [2.75, 3.05) is 32.7 Å². The molecule has 0 bridgehead atoms. The molecule has 13 nitrogen and oxygen atoms in total. The van der Waals surface area contributed by atoms with Crippen molar-refractivity contribution in [3.8, 4) is 0 Å². The van der Waals surface area contributed by atoms with E-state index < -0.39 is 23.8 Å². The van der Waals surface area contributed by atoms with Crippen LogP contribution in [0.4, 0.5) is 0 Å². The van der Waals surface area contributed by atoms with E-state index in [1.807, 2.05) is 73.9 Å². The maximum atomic E-state index is 14.4. The summed E-state index contributed by atoms with van der Waals surface area (Å²) in [7, 11) is 0. The Balaban J connectivity index is 1.36. The van der Waals surface area contributed by atoms with Gasteiger partial charge in [-0.1, -0.05) is 62.2 Å². The Morgan fingerprint density at radius 1 is 0.714 bits per heavy atom. The first-order valence-corrected chi connectivity index (χ1v) is 19.5. The van der Waals surface area contributed by atoms with E-state index in [0.29, 0.717) is 44.1 Å². The van der Waals surface area contributed by atoms with Crippen LogP contribution >= 0.6 is 0 Å². The average Bonchev–Trinajstić information content (AvgIpc) is 3.82. The number of pyridine rings is 1. The average molecular weight is 763 g/mol. The fraction of sp³-hybridized carbons (Fsp3) is 0.395. The first kappa shape index (κ1) is 41.3. The maximum absolute atomic E-state index is 14.4. The second-order valence-electron chi connectivity index (χ2n) is 14.4. The van der Waals surface area contributed by atoms with E-state index >= 15 is 0 Å². The predicted molar refractivity (Wildman–Crippen MR) is 217 cm³/mol. The van der Waals surface area contributed by atoms with Crippen molar-refractivity contribution in [1.29, 1.82) is 0 Å². The van der Waals surface area contributed by atoms with Crippen LogP contribution in [0.5, 0.6) is 0 Å². The van der Waals surface area contributed by atoms with Gasteiger partial charge in [0, 0.05) is 79.1 Å². The standard InChI is InChI=1S/C43H54N8O5/c1-2-3-12-34(52)28-49(22-19-32-25-47-38-16-7-4-13-35(32)38)41(54)30-51(27-31-11-10-21-46-24-31)42(55)29-50(43(56)37(44)15-6-9-18-40(45)53)23-20-33-26-48-39-17-8-5-14-36(33)39/h4-5,7-8,10-11,13-14,16-17,21,24-26,37,47-48H,2-3,6,9,12,15,18-20,22-23,27-30,44H2,1H3,(H2,45,53). The molecule has 5 rings (SSSR count). The number of amides is 4. The van der Waals surface area contributed by atoms with Crippen molar-refractivity contribution in [3.63, 3.8) is 0 Å². The van der Waals surface area contributed by atoms with Gasteiger partial charge in [0.2, 0.25) is 23.6 Å². The predicted octanol–water partition coefficient (Wildman–Crippen LogP) is 4.65. The number of H-pyrrole nitrogens is 2. The summed E-state index contributed by atoms with van der Waals surface area (Å²) in [5.41, 5.74) is 16.4. The van der Waals surface area contributed by atoms with Crippen molar-refractivity contribution in [3.05, 3.63) is 102 Å². The number of ketones is 1. The van der Waals surface area contributed by atoms with Gasteiger partial charge in [0.05, 0.1) is 19.1 Å². The fourth-order valence-corrected chi connectivity index (χ4v) is 6.91. The van der Waals surface area contributed by atoms with E-state index in [1.165, 1.54) is 9.80 Å². The van der Waals surface area contributed by atoms with Crippen molar-refractivity contribution in [2.45, 2.75) is 77.3 Å². The Kier molecular flexibility index (Phi) is 15.3. The molecule has 4 amide bonds. The molecule has 0 aliphatic rings. The second-order valence-corrected chi connectivity index (χ2v) is 14.4. The van der Waals surface area contributed by atoms with Crippen molar-refractivity contribution < 1.29 is 24.0 Å². The highest BCUT2D eigenvalue weighted by molar-refractivity contribution is 5.92. The summed E-state index contributed by atoms with van der Waals surface area (Å²) < 4.78 is 0. The fourth-order valence-electron chi connectivity index (χ4n) is 6.91. The van der Waals surface area contributed by atoms with Gasteiger partial charge in [-0.3, -0.25) is 29.0 Å². The number of para-hydroxylation sites is 2. The Morgan fingerprint density at radius 2 is 1.32 bits per heavy atom. The molecule has 0 saturated carbocycles. The monoisotopic (exact) mass is 762 g/mol. The lowest BCUT2D eigenvalue weighted by Gasteiger charge is -2.31. The van der Waals surface area contributed by atoms with E-state index in [-0.39, 0.29) is 57.4 Å². The quantitative estimate of drug-likeness (QED) is 0.0697. The van der Waals surface area contributed by atoms with E-state index in [0.717, 1.165) is 45.8 Å². The first-order chi connectivity index (χ1) is 27.1. The molecule has 1 unspecified atom stereocenters. The number of aromatic nitrogens is 3. The third kappa shape index (κ3) is 11.8. The number of nitrogens with one attached hydrogen (secondary N) is 2. The summed E-state index contributed by atoms with van der Waals surface area (Å²) in [5.74, 6) is -1.66. The number of benzene rings is 2. The number of fused-ring (bicyclic) bond motifs is 2. The molecule has 0 aliphatic heterocycles. The van der Waals surface area contributed by atoms with Gasteiger partial charge >= 0.3 is 0 Å². The highest BCUT2D eigenvalue weighted by atomic mass is 16.2. The summed E-state index contributed by atoms with van der Waals surface area (Å²) in [6.07, 6.45) is 11.6. The van der Waals surface area contributed by atoms with E-state index in [4.69, 9.17) is 11.5 Å². The number of primary amides is 1. The molecule has 5 aromatic rings. The van der Waals surface area contributed by atoms with Crippen molar-refractivity contribution >= 4 is 51.2 Å². The van der Waals surface area contributed by atoms with Gasteiger partial charge in [-0.15, -0.1) is 0 Å². The van der Waals surface area contributed by atoms with E-state index in [1.54, 1.807) is 23.4 Å². The molecule has 0 fully saturated rings. The van der Waals surface area contributed by atoms with Gasteiger partial charge < -0.3 is 36.1 Å². The number of rotatable bonds is 23. The minimum Gasteiger partial charge on any atom is -0.370 e. The number of Topliss-reactive ketones (excluding diaryl/α,β-unsaturated/α-hetero) is 1. The SMILES string of the molecule is CCCCC(=O)CN(CCc1c[nH]c2ccccc12)C(=O)CN(Cc1cccnc1)C(=O)CN(CCc1c[nH]c2ccccc12)C(=O)C(N)CCCCC(N)=O. The zero-order valence-corrected chi connectivity index (χ0v) is 32.3. The molecule has 56 heavy (non-hydrogen) atoms. The third-order valence-corrected chi connectivity index (χ3v) is 10.1. The number of nitrogens with zero attached hydrogens (tertiary/aromatic N) is 4. The van der Waals surface area contributed by atoms with Gasteiger partial charge in [0.25, 0.3) is 0 Å². The number of unbranched alkanes of at least 4 members (excludes halogenated alkanes) is 2. The Hall–Kier alpha value is -5.82. The van der Waals surface area contributed by atoms with Crippen LogP contribution in [0.25, 0.3) is 21.8 Å². The molecule has 6 N–H and O–H groups in total. The molecule has 0 radical (unpaired) electrons. The molecule has 1 atom stereocenters. The third-order valence-electron chi connectivity index (χ3n) is 10.1. The minimum absolute atomic E-state index is 0.0388. The summed E-state index contributed by atoms with van der Waals surface area (Å²) in [6.45, 7) is 1.91. The zero-order valence-electron chi connectivity index (χ0n) is 32.3. The molecule has 0 spiro atoms. The molecular formula is C43H54N8O5. The van der Waals surface area contributed by atoms with Crippen LogP contribution in [0.3, 0.4) is 0 Å². The molecular weight excluding hydrogens is 709 g/mol. The summed E-state index contributed by atoms with van der Waals surface area (Å²) >= 11 is 0. The van der Waals surface area contributed by atoms with Gasteiger partial charge in [-0.25, -0.2) is 0 Å². The van der Waals surface area contributed by atoms with E-state index in [2.05, 4.69) is 15.0 Å². The minimum atomic E-state index is -0.902. The lowest BCUT2D eigenvalue weighted by Crippen LogP contribution is -2.51. The smallest absolute Gasteiger partial charge is 0.242 e. The Labute approximate surface area is 327 Å². The van der Waals surface area contributed by atoms with Crippen LogP contribution in [-0.2, 0) is 43.4 Å². The van der Waals surface area contributed by atoms with Gasteiger partial charge in [0.15, 0.2) is 5.78 Å². The molecule has 3 aromatic heterocycles. The lowest BCUT2D eigenvalue weighted by molar-refractivity contribution is -0.145. The number of nitrogens with two attached hydrogens (primary N) is 2. The molecule has 0 aliphatic carbocycles. The molecule has 3 heterocycles. The topological polar surface area (TPSA) is 192 Å². The molecule has 296 valence electrons. The number of carbonyl (C=O) groups excluding carboxylic acids is 5.